The molecule has 1 N–H and O–H groups in total. The first-order chi connectivity index (χ1) is 7.53. The van der Waals surface area contributed by atoms with Gasteiger partial charge in [0.15, 0.2) is 0 Å². The number of sulfone groups is 1. The van der Waals surface area contributed by atoms with E-state index in [9.17, 15) is 8.42 Å². The smallest absolute Gasteiger partial charge is 0.147 e. The van der Waals surface area contributed by atoms with E-state index in [-0.39, 0.29) is 11.8 Å². The molecule has 1 rings (SSSR count). The highest BCUT2D eigenvalue weighted by Crippen LogP contribution is 2.16. The van der Waals surface area contributed by atoms with Gasteiger partial charge < -0.3 is 5.32 Å². The third-order valence-electron chi connectivity index (χ3n) is 2.34. The molecule has 1 atom stereocenters. The number of pyridine rings is 1. The summed E-state index contributed by atoms with van der Waals surface area (Å²) in [4.78, 5) is 3.95. The van der Waals surface area contributed by atoms with Crippen LogP contribution in [-0.2, 0) is 9.84 Å². The van der Waals surface area contributed by atoms with Gasteiger partial charge in [0.1, 0.15) is 9.84 Å². The van der Waals surface area contributed by atoms with Crippen LogP contribution in [0.1, 0.15) is 24.9 Å². The predicted molar refractivity (Wildman–Crippen MR) is 65.0 cm³/mol. The summed E-state index contributed by atoms with van der Waals surface area (Å²) in [6, 6.07) is 3.91. The summed E-state index contributed by atoms with van der Waals surface area (Å²) in [5.41, 5.74) is 1.08. The van der Waals surface area contributed by atoms with E-state index < -0.39 is 9.84 Å². The van der Waals surface area contributed by atoms with Crippen molar-refractivity contribution in [2.75, 3.05) is 18.6 Å². The average molecular weight is 242 g/mol. The minimum atomic E-state index is -2.90. The number of hydrogen-bond acceptors (Lipinski definition) is 4. The van der Waals surface area contributed by atoms with Crippen molar-refractivity contribution in [1.82, 2.24) is 10.3 Å². The van der Waals surface area contributed by atoms with Crippen molar-refractivity contribution in [3.05, 3.63) is 30.1 Å². The monoisotopic (exact) mass is 242 g/mol. The van der Waals surface area contributed by atoms with Crippen molar-refractivity contribution >= 4 is 9.84 Å². The van der Waals surface area contributed by atoms with Crippen LogP contribution in [0.5, 0.6) is 0 Å². The lowest BCUT2D eigenvalue weighted by molar-refractivity contribution is 0.529. The second-order valence-corrected chi connectivity index (χ2v) is 6.07. The molecule has 1 heterocycles. The largest absolute Gasteiger partial charge is 0.310 e. The number of rotatable bonds is 6. The Bertz CT molecular complexity index is 403. The number of hydrogen-bond donors (Lipinski definition) is 1. The maximum Gasteiger partial charge on any atom is 0.147 e. The molecule has 16 heavy (non-hydrogen) atoms. The summed E-state index contributed by atoms with van der Waals surface area (Å²) in [5, 5.41) is 3.28. The Morgan fingerprint density at radius 2 is 2.00 bits per heavy atom. The van der Waals surface area contributed by atoms with Crippen molar-refractivity contribution < 1.29 is 8.42 Å². The molecule has 90 valence electrons. The zero-order chi connectivity index (χ0) is 12.0. The third-order valence-corrected chi connectivity index (χ3v) is 3.31. The van der Waals surface area contributed by atoms with Crippen molar-refractivity contribution in [2.45, 2.75) is 19.4 Å². The highest BCUT2D eigenvalue weighted by atomic mass is 32.2. The number of aromatic nitrogens is 1. The lowest BCUT2D eigenvalue weighted by Crippen LogP contribution is -2.23. The Labute approximate surface area is 97.0 Å². The van der Waals surface area contributed by atoms with Crippen LogP contribution in [0.3, 0.4) is 0 Å². The van der Waals surface area contributed by atoms with Gasteiger partial charge in [0.05, 0.1) is 5.75 Å². The van der Waals surface area contributed by atoms with Crippen LogP contribution in [0.4, 0.5) is 0 Å². The van der Waals surface area contributed by atoms with Gasteiger partial charge in [-0.25, -0.2) is 8.42 Å². The lowest BCUT2D eigenvalue weighted by Gasteiger charge is -2.17. The molecule has 0 bridgehead atoms. The van der Waals surface area contributed by atoms with Gasteiger partial charge in [-0.05, 0) is 30.7 Å². The lowest BCUT2D eigenvalue weighted by atomic mass is 10.1. The molecule has 0 saturated heterocycles. The Hall–Kier alpha value is -0.940. The number of nitrogens with one attached hydrogen (secondary N) is 1. The van der Waals surface area contributed by atoms with E-state index in [4.69, 9.17) is 0 Å². The second-order valence-electron chi connectivity index (χ2n) is 3.81. The maximum atomic E-state index is 11.1. The normalized spacial score (nSPS) is 13.6. The van der Waals surface area contributed by atoms with Crippen molar-refractivity contribution in [3.8, 4) is 0 Å². The van der Waals surface area contributed by atoms with Crippen LogP contribution in [0, 0.1) is 0 Å². The van der Waals surface area contributed by atoms with E-state index in [0.29, 0.717) is 6.42 Å². The summed E-state index contributed by atoms with van der Waals surface area (Å²) < 4.78 is 22.3. The highest BCUT2D eigenvalue weighted by molar-refractivity contribution is 7.90. The summed E-state index contributed by atoms with van der Waals surface area (Å²) in [6.45, 7) is 2.82. The van der Waals surface area contributed by atoms with E-state index in [1.54, 1.807) is 12.4 Å². The predicted octanol–water partition coefficient (Wildman–Crippen LogP) is 1.17. The van der Waals surface area contributed by atoms with Crippen LogP contribution >= 0.6 is 0 Å². The number of nitrogens with zero attached hydrogens (tertiary/aromatic N) is 1. The topological polar surface area (TPSA) is 59.1 Å². The minimum absolute atomic E-state index is 0.0859. The summed E-state index contributed by atoms with van der Waals surface area (Å²) >= 11 is 0. The van der Waals surface area contributed by atoms with Gasteiger partial charge in [-0.1, -0.05) is 6.92 Å². The SMILES string of the molecule is CCNC(CCS(C)(=O)=O)c1ccncc1. The second kappa shape index (κ2) is 5.96. The van der Waals surface area contributed by atoms with Crippen LogP contribution in [0.2, 0.25) is 0 Å². The standard InChI is InChI=1S/C11H18N2O2S/c1-3-13-11(6-9-16(2,14)15)10-4-7-12-8-5-10/h4-5,7-8,11,13H,3,6,9H2,1-2H3. The summed E-state index contributed by atoms with van der Waals surface area (Å²) in [7, 11) is -2.90. The molecule has 0 spiro atoms. The fourth-order valence-corrected chi connectivity index (χ4v) is 2.22. The molecule has 0 aliphatic rings. The molecule has 0 aliphatic carbocycles. The maximum absolute atomic E-state index is 11.1. The van der Waals surface area contributed by atoms with Crippen molar-refractivity contribution in [2.24, 2.45) is 0 Å². The first kappa shape index (κ1) is 13.1. The Balaban J connectivity index is 2.69. The van der Waals surface area contributed by atoms with Gasteiger partial charge in [0, 0.05) is 24.7 Å². The first-order valence-electron chi connectivity index (χ1n) is 5.34. The average Bonchev–Trinajstić information content (AvgIpc) is 2.24. The molecular weight excluding hydrogens is 224 g/mol. The summed E-state index contributed by atoms with van der Waals surface area (Å²) in [5.74, 6) is 0.201. The molecule has 0 aliphatic heterocycles. The van der Waals surface area contributed by atoms with Gasteiger partial charge in [0.2, 0.25) is 0 Å². The van der Waals surface area contributed by atoms with Crippen LogP contribution in [0.15, 0.2) is 24.5 Å². The van der Waals surface area contributed by atoms with E-state index in [2.05, 4.69) is 10.3 Å². The molecule has 0 saturated carbocycles. The van der Waals surface area contributed by atoms with Gasteiger partial charge in [0.25, 0.3) is 0 Å². The molecule has 5 heteroatoms. The fourth-order valence-electron chi connectivity index (χ4n) is 1.56. The zero-order valence-electron chi connectivity index (χ0n) is 9.68. The molecular formula is C11H18N2O2S. The van der Waals surface area contributed by atoms with Crippen molar-refractivity contribution in [1.29, 1.82) is 0 Å². The molecule has 1 aromatic rings. The van der Waals surface area contributed by atoms with Gasteiger partial charge >= 0.3 is 0 Å². The van der Waals surface area contributed by atoms with Crippen molar-refractivity contribution in [3.63, 3.8) is 0 Å². The Morgan fingerprint density at radius 1 is 1.38 bits per heavy atom. The van der Waals surface area contributed by atoms with Crippen LogP contribution < -0.4 is 5.32 Å². The highest BCUT2D eigenvalue weighted by Gasteiger charge is 2.12. The van der Waals surface area contributed by atoms with E-state index in [1.165, 1.54) is 6.26 Å². The zero-order valence-corrected chi connectivity index (χ0v) is 10.5. The van der Waals surface area contributed by atoms with Crippen LogP contribution in [-0.4, -0.2) is 32.0 Å². The molecule has 4 nitrogen and oxygen atoms in total. The third kappa shape index (κ3) is 4.72. The molecule has 0 fully saturated rings. The minimum Gasteiger partial charge on any atom is -0.310 e. The van der Waals surface area contributed by atoms with E-state index in [0.717, 1.165) is 12.1 Å². The van der Waals surface area contributed by atoms with Crippen LogP contribution in [0.25, 0.3) is 0 Å². The Kier molecular flexibility index (Phi) is 4.89. The first-order valence-corrected chi connectivity index (χ1v) is 7.40. The quantitative estimate of drug-likeness (QED) is 0.813. The van der Waals surface area contributed by atoms with E-state index in [1.807, 2.05) is 19.1 Å². The molecule has 0 aromatic carbocycles. The molecule has 1 unspecified atom stereocenters. The molecule has 0 radical (unpaired) electrons. The Morgan fingerprint density at radius 3 is 2.50 bits per heavy atom. The van der Waals surface area contributed by atoms with Gasteiger partial charge in [-0.15, -0.1) is 0 Å². The molecule has 1 aromatic heterocycles. The fraction of sp³-hybridized carbons (Fsp3) is 0.545. The molecule has 0 amide bonds. The van der Waals surface area contributed by atoms with Gasteiger partial charge in [-0.2, -0.15) is 0 Å². The van der Waals surface area contributed by atoms with Gasteiger partial charge in [-0.3, -0.25) is 4.98 Å². The van der Waals surface area contributed by atoms with E-state index >= 15 is 0 Å². The summed E-state index contributed by atoms with van der Waals surface area (Å²) in [6.07, 6.45) is 5.31.